The number of fused-ring (bicyclic) bond motifs is 2. The molecule has 0 aliphatic carbocycles. The van der Waals surface area contributed by atoms with Gasteiger partial charge in [0.1, 0.15) is 5.75 Å². The van der Waals surface area contributed by atoms with Gasteiger partial charge < -0.3 is 15.4 Å². The van der Waals surface area contributed by atoms with E-state index in [2.05, 4.69) is 10.6 Å². The minimum Gasteiger partial charge on any atom is -0.494 e. The molecule has 0 radical (unpaired) electrons. The fourth-order valence-corrected chi connectivity index (χ4v) is 3.65. The molecule has 2 unspecified atom stereocenters. The molecule has 0 aromatic heterocycles. The van der Waals surface area contributed by atoms with Crippen molar-refractivity contribution in [3.8, 4) is 5.75 Å². The van der Waals surface area contributed by atoms with E-state index in [1.165, 1.54) is 12.8 Å². The number of benzene rings is 1. The minimum atomic E-state index is 0.120. The monoisotopic (exact) mass is 288 g/mol. The van der Waals surface area contributed by atoms with Crippen LogP contribution in [0.1, 0.15) is 39.0 Å². The molecule has 0 spiro atoms. The first-order chi connectivity index (χ1) is 10.2. The molecule has 4 heteroatoms. The Morgan fingerprint density at radius 2 is 2.10 bits per heavy atom. The molecule has 2 saturated heterocycles. The van der Waals surface area contributed by atoms with Gasteiger partial charge in [-0.15, -0.1) is 0 Å². The van der Waals surface area contributed by atoms with Crippen molar-refractivity contribution in [3.05, 3.63) is 24.3 Å². The quantitative estimate of drug-likeness (QED) is 0.876. The van der Waals surface area contributed by atoms with Crippen LogP contribution < -0.4 is 15.4 Å². The molecular weight excluding hydrogens is 264 g/mol. The van der Waals surface area contributed by atoms with Crippen LogP contribution in [-0.4, -0.2) is 24.6 Å². The van der Waals surface area contributed by atoms with Crippen LogP contribution in [0.25, 0.3) is 0 Å². The maximum Gasteiger partial charge on any atom is 0.224 e. The second-order valence-corrected chi connectivity index (χ2v) is 6.19. The van der Waals surface area contributed by atoms with Gasteiger partial charge in [-0.3, -0.25) is 4.79 Å². The Morgan fingerprint density at radius 3 is 2.81 bits per heavy atom. The van der Waals surface area contributed by atoms with Gasteiger partial charge in [-0.25, -0.2) is 0 Å². The Labute approximate surface area is 126 Å². The molecule has 3 rings (SSSR count). The molecular formula is C17H24N2O2. The van der Waals surface area contributed by atoms with Crippen LogP contribution in [0.2, 0.25) is 0 Å². The zero-order valence-corrected chi connectivity index (χ0v) is 12.6. The molecule has 1 aromatic rings. The molecule has 1 amide bonds. The van der Waals surface area contributed by atoms with Crippen LogP contribution in [-0.2, 0) is 4.79 Å². The number of rotatable bonds is 5. The SMILES string of the molecule is CCOc1cccc(NC(=O)CC2CC3CCC(C2)N3)c1. The Kier molecular flexibility index (Phi) is 4.44. The number of nitrogens with one attached hydrogen (secondary N) is 2. The van der Waals surface area contributed by atoms with Gasteiger partial charge in [0.2, 0.25) is 5.91 Å². The Balaban J connectivity index is 1.53. The van der Waals surface area contributed by atoms with Crippen molar-refractivity contribution in [1.82, 2.24) is 5.32 Å². The smallest absolute Gasteiger partial charge is 0.224 e. The molecule has 4 nitrogen and oxygen atoms in total. The molecule has 2 fully saturated rings. The minimum absolute atomic E-state index is 0.120. The highest BCUT2D eigenvalue weighted by atomic mass is 16.5. The lowest BCUT2D eigenvalue weighted by Crippen LogP contribution is -2.39. The van der Waals surface area contributed by atoms with Crippen molar-refractivity contribution in [2.24, 2.45) is 5.92 Å². The predicted octanol–water partition coefficient (Wildman–Crippen LogP) is 2.94. The van der Waals surface area contributed by atoms with Crippen LogP contribution in [0.4, 0.5) is 5.69 Å². The van der Waals surface area contributed by atoms with Crippen LogP contribution in [0, 0.1) is 5.92 Å². The third kappa shape index (κ3) is 3.76. The fourth-order valence-electron chi connectivity index (χ4n) is 3.65. The van der Waals surface area contributed by atoms with E-state index < -0.39 is 0 Å². The van der Waals surface area contributed by atoms with E-state index in [9.17, 15) is 4.79 Å². The number of carbonyl (C=O) groups excluding carboxylic acids is 1. The summed E-state index contributed by atoms with van der Waals surface area (Å²) in [6.45, 7) is 2.59. The molecule has 2 atom stereocenters. The van der Waals surface area contributed by atoms with Gasteiger partial charge in [-0.1, -0.05) is 6.07 Å². The Morgan fingerprint density at radius 1 is 1.33 bits per heavy atom. The van der Waals surface area contributed by atoms with Gasteiger partial charge in [-0.05, 0) is 50.7 Å². The highest BCUT2D eigenvalue weighted by molar-refractivity contribution is 5.91. The van der Waals surface area contributed by atoms with Crippen molar-refractivity contribution in [2.75, 3.05) is 11.9 Å². The summed E-state index contributed by atoms with van der Waals surface area (Å²) in [4.78, 5) is 12.2. The molecule has 2 N–H and O–H groups in total. The number of hydrogen-bond acceptors (Lipinski definition) is 3. The molecule has 2 bridgehead atoms. The molecule has 2 aliphatic heterocycles. The fraction of sp³-hybridized carbons (Fsp3) is 0.588. The van der Waals surface area contributed by atoms with E-state index in [1.807, 2.05) is 31.2 Å². The summed E-state index contributed by atoms with van der Waals surface area (Å²) in [6.07, 6.45) is 5.47. The zero-order chi connectivity index (χ0) is 14.7. The normalized spacial score (nSPS) is 27.4. The summed E-state index contributed by atoms with van der Waals surface area (Å²) < 4.78 is 5.45. The average Bonchev–Trinajstić information content (AvgIpc) is 2.78. The van der Waals surface area contributed by atoms with Crippen LogP contribution in [0.5, 0.6) is 5.75 Å². The summed E-state index contributed by atoms with van der Waals surface area (Å²) >= 11 is 0. The van der Waals surface area contributed by atoms with E-state index in [1.54, 1.807) is 0 Å². The van der Waals surface area contributed by atoms with Crippen molar-refractivity contribution >= 4 is 11.6 Å². The molecule has 2 heterocycles. The van der Waals surface area contributed by atoms with E-state index in [4.69, 9.17) is 4.74 Å². The highest BCUT2D eigenvalue weighted by Crippen LogP contribution is 2.32. The van der Waals surface area contributed by atoms with Crippen LogP contribution in [0.3, 0.4) is 0 Å². The molecule has 0 saturated carbocycles. The second kappa shape index (κ2) is 6.48. The summed E-state index contributed by atoms with van der Waals surface area (Å²) in [5.41, 5.74) is 0.822. The third-order valence-electron chi connectivity index (χ3n) is 4.47. The van der Waals surface area contributed by atoms with Crippen LogP contribution in [0.15, 0.2) is 24.3 Å². The maximum atomic E-state index is 12.2. The molecule has 2 aliphatic rings. The first-order valence-corrected chi connectivity index (χ1v) is 8.01. The summed E-state index contributed by atoms with van der Waals surface area (Å²) in [7, 11) is 0. The Bertz CT molecular complexity index is 491. The number of carbonyl (C=O) groups is 1. The van der Waals surface area contributed by atoms with Crippen LogP contribution >= 0.6 is 0 Å². The number of anilines is 1. The topological polar surface area (TPSA) is 50.4 Å². The first kappa shape index (κ1) is 14.4. The van der Waals surface area contributed by atoms with E-state index in [-0.39, 0.29) is 5.91 Å². The predicted molar refractivity (Wildman–Crippen MR) is 83.5 cm³/mol. The maximum absolute atomic E-state index is 12.2. The van der Waals surface area contributed by atoms with Gasteiger partial charge in [0.25, 0.3) is 0 Å². The summed E-state index contributed by atoms with van der Waals surface area (Å²) in [5, 5.41) is 6.62. The van der Waals surface area contributed by atoms with Gasteiger partial charge >= 0.3 is 0 Å². The van der Waals surface area contributed by atoms with Crippen molar-refractivity contribution in [2.45, 2.75) is 51.1 Å². The molecule has 21 heavy (non-hydrogen) atoms. The van der Waals surface area contributed by atoms with Crippen molar-refractivity contribution < 1.29 is 9.53 Å². The Hall–Kier alpha value is -1.55. The van der Waals surface area contributed by atoms with Crippen molar-refractivity contribution in [3.63, 3.8) is 0 Å². The van der Waals surface area contributed by atoms with Gasteiger partial charge in [-0.2, -0.15) is 0 Å². The molecule has 1 aromatic carbocycles. The zero-order valence-electron chi connectivity index (χ0n) is 12.6. The van der Waals surface area contributed by atoms with E-state index >= 15 is 0 Å². The lowest BCUT2D eigenvalue weighted by atomic mass is 9.89. The number of amides is 1. The third-order valence-corrected chi connectivity index (χ3v) is 4.47. The lowest BCUT2D eigenvalue weighted by molar-refractivity contribution is -0.117. The molecule has 114 valence electrons. The first-order valence-electron chi connectivity index (χ1n) is 8.01. The number of piperidine rings is 1. The van der Waals surface area contributed by atoms with Gasteiger partial charge in [0.05, 0.1) is 6.61 Å². The number of hydrogen-bond donors (Lipinski definition) is 2. The standard InChI is InChI=1S/C17H24N2O2/c1-2-21-16-5-3-4-13(11-16)19-17(20)10-12-8-14-6-7-15(9-12)18-14/h3-5,11-12,14-15,18H,2,6-10H2,1H3,(H,19,20). The second-order valence-electron chi connectivity index (χ2n) is 6.19. The lowest BCUT2D eigenvalue weighted by Gasteiger charge is -2.28. The van der Waals surface area contributed by atoms with Gasteiger partial charge in [0.15, 0.2) is 0 Å². The average molecular weight is 288 g/mol. The highest BCUT2D eigenvalue weighted by Gasteiger charge is 2.34. The summed E-state index contributed by atoms with van der Waals surface area (Å²) in [6, 6.07) is 8.89. The van der Waals surface area contributed by atoms with E-state index in [0.717, 1.165) is 24.3 Å². The largest absolute Gasteiger partial charge is 0.494 e. The van der Waals surface area contributed by atoms with Crippen molar-refractivity contribution in [1.29, 1.82) is 0 Å². The van der Waals surface area contributed by atoms with Gasteiger partial charge in [0, 0.05) is 30.3 Å². The summed E-state index contributed by atoms with van der Waals surface area (Å²) in [5.74, 6) is 1.45. The van der Waals surface area contributed by atoms with E-state index in [0.29, 0.717) is 31.0 Å². The number of ether oxygens (including phenoxy) is 1.